The molecule has 0 amide bonds. The SMILES string of the molecule is COc1ccc(C2c3ccccc3Oc3c(OC)cccc32)cc1. The minimum absolute atomic E-state index is 0.103. The van der Waals surface area contributed by atoms with Crippen LogP contribution in [0.3, 0.4) is 0 Å². The number of fused-ring (bicyclic) bond motifs is 2. The fraction of sp³-hybridized carbons (Fsp3) is 0.143. The molecule has 3 nitrogen and oxygen atoms in total. The van der Waals surface area contributed by atoms with Crippen molar-refractivity contribution < 1.29 is 14.2 Å². The van der Waals surface area contributed by atoms with Crippen molar-refractivity contribution in [3.05, 3.63) is 83.4 Å². The van der Waals surface area contributed by atoms with Crippen molar-refractivity contribution in [3.8, 4) is 23.0 Å². The third kappa shape index (κ3) is 2.29. The normalized spacial score (nSPS) is 15.0. The second kappa shape index (κ2) is 5.93. The maximum atomic E-state index is 6.15. The van der Waals surface area contributed by atoms with Crippen molar-refractivity contribution in [2.24, 2.45) is 0 Å². The van der Waals surface area contributed by atoms with Gasteiger partial charge < -0.3 is 14.2 Å². The van der Waals surface area contributed by atoms with Crippen LogP contribution in [-0.4, -0.2) is 14.2 Å². The van der Waals surface area contributed by atoms with E-state index in [1.165, 1.54) is 5.56 Å². The van der Waals surface area contributed by atoms with E-state index >= 15 is 0 Å². The zero-order valence-corrected chi connectivity index (χ0v) is 13.7. The van der Waals surface area contributed by atoms with Gasteiger partial charge in [-0.25, -0.2) is 0 Å². The first-order valence-electron chi connectivity index (χ1n) is 7.89. The van der Waals surface area contributed by atoms with Crippen LogP contribution >= 0.6 is 0 Å². The monoisotopic (exact) mass is 318 g/mol. The number of para-hydroxylation sites is 2. The van der Waals surface area contributed by atoms with Gasteiger partial charge in [-0.1, -0.05) is 42.5 Å². The largest absolute Gasteiger partial charge is 0.497 e. The molecule has 0 spiro atoms. The molecule has 4 rings (SSSR count). The number of rotatable bonds is 3. The molecule has 120 valence electrons. The smallest absolute Gasteiger partial charge is 0.173 e. The molecule has 0 fully saturated rings. The Hall–Kier alpha value is -2.94. The highest BCUT2D eigenvalue weighted by Crippen LogP contribution is 2.50. The Labute approximate surface area is 141 Å². The van der Waals surface area contributed by atoms with Crippen LogP contribution in [0.15, 0.2) is 66.7 Å². The molecule has 0 aromatic heterocycles. The minimum Gasteiger partial charge on any atom is -0.497 e. The van der Waals surface area contributed by atoms with Crippen LogP contribution in [-0.2, 0) is 0 Å². The van der Waals surface area contributed by atoms with E-state index in [1.807, 2.05) is 42.5 Å². The van der Waals surface area contributed by atoms with Crippen LogP contribution < -0.4 is 14.2 Å². The number of benzene rings is 3. The van der Waals surface area contributed by atoms with Crippen molar-refractivity contribution in [2.45, 2.75) is 5.92 Å². The molecular formula is C21H18O3. The zero-order valence-electron chi connectivity index (χ0n) is 13.7. The number of hydrogen-bond donors (Lipinski definition) is 0. The summed E-state index contributed by atoms with van der Waals surface area (Å²) in [5.41, 5.74) is 3.46. The van der Waals surface area contributed by atoms with Crippen LogP contribution in [0.5, 0.6) is 23.0 Å². The first-order chi connectivity index (χ1) is 11.8. The van der Waals surface area contributed by atoms with E-state index in [0.717, 1.165) is 34.1 Å². The van der Waals surface area contributed by atoms with Gasteiger partial charge in [-0.2, -0.15) is 0 Å². The first kappa shape index (κ1) is 14.6. The predicted octanol–water partition coefficient (Wildman–Crippen LogP) is 4.99. The summed E-state index contributed by atoms with van der Waals surface area (Å²) in [6, 6.07) is 22.4. The lowest BCUT2D eigenvalue weighted by Gasteiger charge is -2.29. The van der Waals surface area contributed by atoms with Crippen LogP contribution in [0.1, 0.15) is 22.6 Å². The molecule has 1 aliphatic heterocycles. The summed E-state index contributed by atoms with van der Waals surface area (Å²) >= 11 is 0. The number of hydrogen-bond acceptors (Lipinski definition) is 3. The summed E-state index contributed by atoms with van der Waals surface area (Å²) in [6.07, 6.45) is 0. The molecule has 1 atom stereocenters. The summed E-state index contributed by atoms with van der Waals surface area (Å²) in [6.45, 7) is 0. The van der Waals surface area contributed by atoms with Crippen LogP contribution in [0.2, 0.25) is 0 Å². The summed E-state index contributed by atoms with van der Waals surface area (Å²) < 4.78 is 16.9. The summed E-state index contributed by atoms with van der Waals surface area (Å²) in [5.74, 6) is 3.37. The highest BCUT2D eigenvalue weighted by atomic mass is 16.5. The Bertz CT molecular complexity index is 869. The standard InChI is InChI=1S/C21H18O3/c1-22-15-12-10-14(11-13-15)20-16-6-3-4-8-18(16)24-21-17(20)7-5-9-19(21)23-2/h3-13,20H,1-2H3. The van der Waals surface area contributed by atoms with E-state index in [4.69, 9.17) is 14.2 Å². The Morgan fingerprint density at radius 2 is 1.50 bits per heavy atom. The molecule has 3 aromatic rings. The third-order valence-corrected chi connectivity index (χ3v) is 4.43. The first-order valence-corrected chi connectivity index (χ1v) is 7.89. The van der Waals surface area contributed by atoms with Gasteiger partial charge in [-0.05, 0) is 29.8 Å². The molecule has 0 aliphatic carbocycles. The molecule has 1 heterocycles. The summed E-state index contributed by atoms with van der Waals surface area (Å²) in [7, 11) is 3.35. The van der Waals surface area contributed by atoms with Gasteiger partial charge in [-0.3, -0.25) is 0 Å². The van der Waals surface area contributed by atoms with Crippen LogP contribution in [0.25, 0.3) is 0 Å². The number of methoxy groups -OCH3 is 2. The summed E-state index contributed by atoms with van der Waals surface area (Å²) in [4.78, 5) is 0. The average Bonchev–Trinajstić information content (AvgIpc) is 2.65. The van der Waals surface area contributed by atoms with Gasteiger partial charge in [0.05, 0.1) is 14.2 Å². The Kier molecular flexibility index (Phi) is 3.62. The minimum atomic E-state index is 0.103. The molecule has 0 bridgehead atoms. The average molecular weight is 318 g/mol. The van der Waals surface area contributed by atoms with Gasteiger partial charge in [0.2, 0.25) is 0 Å². The topological polar surface area (TPSA) is 27.7 Å². The van der Waals surface area contributed by atoms with Crippen molar-refractivity contribution in [1.82, 2.24) is 0 Å². The van der Waals surface area contributed by atoms with Crippen molar-refractivity contribution in [1.29, 1.82) is 0 Å². The number of ether oxygens (including phenoxy) is 3. The van der Waals surface area contributed by atoms with Crippen LogP contribution in [0.4, 0.5) is 0 Å². The van der Waals surface area contributed by atoms with Gasteiger partial charge >= 0.3 is 0 Å². The maximum absolute atomic E-state index is 6.15. The van der Waals surface area contributed by atoms with Gasteiger partial charge in [0.25, 0.3) is 0 Å². The highest BCUT2D eigenvalue weighted by Gasteiger charge is 2.30. The van der Waals surface area contributed by atoms with E-state index in [9.17, 15) is 0 Å². The molecule has 0 saturated carbocycles. The molecule has 0 N–H and O–H groups in total. The predicted molar refractivity (Wildman–Crippen MR) is 93.4 cm³/mol. The second-order valence-electron chi connectivity index (χ2n) is 5.72. The molecule has 1 unspecified atom stereocenters. The quantitative estimate of drug-likeness (QED) is 0.532. The molecule has 0 saturated heterocycles. The fourth-order valence-electron chi connectivity index (χ4n) is 3.28. The van der Waals surface area contributed by atoms with E-state index in [0.29, 0.717) is 0 Å². The van der Waals surface area contributed by atoms with Gasteiger partial charge in [0, 0.05) is 17.0 Å². The van der Waals surface area contributed by atoms with E-state index < -0.39 is 0 Å². The Balaban J connectivity index is 1.92. The van der Waals surface area contributed by atoms with E-state index in [2.05, 4.69) is 24.3 Å². The van der Waals surface area contributed by atoms with E-state index in [-0.39, 0.29) is 5.92 Å². The van der Waals surface area contributed by atoms with Crippen molar-refractivity contribution in [3.63, 3.8) is 0 Å². The van der Waals surface area contributed by atoms with Gasteiger partial charge in [0.15, 0.2) is 11.5 Å². The molecule has 24 heavy (non-hydrogen) atoms. The molecule has 1 aliphatic rings. The lowest BCUT2D eigenvalue weighted by atomic mass is 9.82. The Morgan fingerprint density at radius 3 is 2.25 bits per heavy atom. The molecular weight excluding hydrogens is 300 g/mol. The van der Waals surface area contributed by atoms with Crippen molar-refractivity contribution in [2.75, 3.05) is 14.2 Å². The Morgan fingerprint density at radius 1 is 0.750 bits per heavy atom. The third-order valence-electron chi connectivity index (χ3n) is 4.43. The van der Waals surface area contributed by atoms with Crippen LogP contribution in [0, 0.1) is 0 Å². The highest BCUT2D eigenvalue weighted by molar-refractivity contribution is 5.62. The van der Waals surface area contributed by atoms with Crippen molar-refractivity contribution >= 4 is 0 Å². The fourth-order valence-corrected chi connectivity index (χ4v) is 3.28. The molecule has 0 radical (unpaired) electrons. The molecule has 3 heteroatoms. The molecule has 3 aromatic carbocycles. The van der Waals surface area contributed by atoms with Gasteiger partial charge in [-0.15, -0.1) is 0 Å². The maximum Gasteiger partial charge on any atom is 0.173 e. The zero-order chi connectivity index (χ0) is 16.5. The lowest BCUT2D eigenvalue weighted by Crippen LogP contribution is -2.12. The second-order valence-corrected chi connectivity index (χ2v) is 5.72. The van der Waals surface area contributed by atoms with E-state index in [1.54, 1.807) is 14.2 Å². The van der Waals surface area contributed by atoms with Gasteiger partial charge in [0.1, 0.15) is 11.5 Å². The summed E-state index contributed by atoms with van der Waals surface area (Å²) in [5, 5.41) is 0. The lowest BCUT2D eigenvalue weighted by molar-refractivity contribution is 0.369.